The van der Waals surface area contributed by atoms with Crippen LogP contribution in [0.1, 0.15) is 29.6 Å². The van der Waals surface area contributed by atoms with E-state index in [1.807, 2.05) is 4.90 Å². The standard InChI is InChI=1S/C18H23FN2O/c19-17-8-6-16(7-9-17)18(22)21-12-10-20(11-13-21)14-15-4-2-1-3-5-15/h1-2,6-9,15H,3-5,10-14H2. The zero-order valence-electron chi connectivity index (χ0n) is 12.9. The van der Waals surface area contributed by atoms with Crippen molar-refractivity contribution in [3.8, 4) is 0 Å². The smallest absolute Gasteiger partial charge is 0.253 e. The van der Waals surface area contributed by atoms with Crippen LogP contribution < -0.4 is 0 Å². The Labute approximate surface area is 131 Å². The molecule has 1 heterocycles. The number of piperazine rings is 1. The zero-order valence-corrected chi connectivity index (χ0v) is 12.9. The highest BCUT2D eigenvalue weighted by atomic mass is 19.1. The van der Waals surface area contributed by atoms with Gasteiger partial charge in [-0.05, 0) is 49.4 Å². The minimum Gasteiger partial charge on any atom is -0.336 e. The van der Waals surface area contributed by atoms with Gasteiger partial charge in [-0.2, -0.15) is 0 Å². The molecule has 0 spiro atoms. The van der Waals surface area contributed by atoms with Crippen LogP contribution in [0.15, 0.2) is 36.4 Å². The highest BCUT2D eigenvalue weighted by Gasteiger charge is 2.23. The summed E-state index contributed by atoms with van der Waals surface area (Å²) in [6, 6.07) is 5.83. The molecule has 0 saturated carbocycles. The van der Waals surface area contributed by atoms with Gasteiger partial charge in [0, 0.05) is 38.3 Å². The van der Waals surface area contributed by atoms with Crippen molar-refractivity contribution in [3.05, 3.63) is 47.8 Å². The van der Waals surface area contributed by atoms with Crippen LogP contribution in [0.2, 0.25) is 0 Å². The molecule has 2 aliphatic rings. The van der Waals surface area contributed by atoms with E-state index in [1.165, 1.54) is 31.4 Å². The lowest BCUT2D eigenvalue weighted by Crippen LogP contribution is -2.49. The van der Waals surface area contributed by atoms with Crippen LogP contribution in [0, 0.1) is 11.7 Å². The Balaban J connectivity index is 1.49. The van der Waals surface area contributed by atoms with E-state index in [1.54, 1.807) is 12.1 Å². The molecule has 1 aromatic carbocycles. The molecule has 1 saturated heterocycles. The fraction of sp³-hybridized carbons (Fsp3) is 0.500. The Morgan fingerprint density at radius 2 is 1.82 bits per heavy atom. The van der Waals surface area contributed by atoms with Crippen LogP contribution in [-0.2, 0) is 0 Å². The topological polar surface area (TPSA) is 23.6 Å². The normalized spacial score (nSPS) is 22.8. The molecule has 0 aromatic heterocycles. The number of nitrogens with zero attached hydrogens (tertiary/aromatic N) is 2. The lowest BCUT2D eigenvalue weighted by Gasteiger charge is -2.36. The van der Waals surface area contributed by atoms with Gasteiger partial charge in [-0.15, -0.1) is 0 Å². The third-order valence-corrected chi connectivity index (χ3v) is 4.64. The van der Waals surface area contributed by atoms with Crippen molar-refractivity contribution in [1.29, 1.82) is 0 Å². The van der Waals surface area contributed by atoms with E-state index < -0.39 is 0 Å². The van der Waals surface area contributed by atoms with Crippen LogP contribution in [0.4, 0.5) is 4.39 Å². The highest BCUT2D eigenvalue weighted by molar-refractivity contribution is 5.94. The van der Waals surface area contributed by atoms with Crippen LogP contribution in [0.25, 0.3) is 0 Å². The molecule has 3 nitrogen and oxygen atoms in total. The second-order valence-electron chi connectivity index (χ2n) is 6.25. The van der Waals surface area contributed by atoms with Crippen LogP contribution >= 0.6 is 0 Å². The summed E-state index contributed by atoms with van der Waals surface area (Å²) in [5.41, 5.74) is 0.576. The minimum atomic E-state index is -0.303. The molecule has 0 N–H and O–H groups in total. The van der Waals surface area contributed by atoms with Gasteiger partial charge in [0.25, 0.3) is 5.91 Å². The second-order valence-corrected chi connectivity index (χ2v) is 6.25. The third kappa shape index (κ3) is 3.74. The second kappa shape index (κ2) is 7.05. The summed E-state index contributed by atoms with van der Waals surface area (Å²) in [6.07, 6.45) is 8.24. The van der Waals surface area contributed by atoms with Crippen LogP contribution in [0.5, 0.6) is 0 Å². The predicted molar refractivity (Wildman–Crippen MR) is 85.2 cm³/mol. The lowest BCUT2D eigenvalue weighted by atomic mass is 9.94. The molecule has 1 aromatic rings. The molecule has 1 atom stereocenters. The molecule has 1 aliphatic carbocycles. The first-order chi connectivity index (χ1) is 10.7. The van der Waals surface area contributed by atoms with Gasteiger partial charge in [0.15, 0.2) is 0 Å². The summed E-state index contributed by atoms with van der Waals surface area (Å²) in [4.78, 5) is 16.7. The lowest BCUT2D eigenvalue weighted by molar-refractivity contribution is 0.0614. The predicted octanol–water partition coefficient (Wildman–Crippen LogP) is 2.94. The van der Waals surface area contributed by atoms with Crippen LogP contribution in [0.3, 0.4) is 0 Å². The Morgan fingerprint density at radius 3 is 2.45 bits per heavy atom. The maximum absolute atomic E-state index is 12.9. The van der Waals surface area contributed by atoms with Crippen molar-refractivity contribution in [2.45, 2.75) is 19.3 Å². The van der Waals surface area contributed by atoms with Crippen molar-refractivity contribution in [2.75, 3.05) is 32.7 Å². The monoisotopic (exact) mass is 302 g/mol. The summed E-state index contributed by atoms with van der Waals surface area (Å²) in [6.45, 7) is 4.54. The van der Waals surface area contributed by atoms with E-state index in [2.05, 4.69) is 17.1 Å². The molecule has 1 unspecified atom stereocenters. The largest absolute Gasteiger partial charge is 0.336 e. The van der Waals surface area contributed by atoms with Crippen molar-refractivity contribution in [2.24, 2.45) is 5.92 Å². The van der Waals surface area contributed by atoms with Gasteiger partial charge < -0.3 is 4.90 Å². The molecule has 118 valence electrons. The fourth-order valence-electron chi connectivity index (χ4n) is 3.30. The van der Waals surface area contributed by atoms with E-state index in [9.17, 15) is 9.18 Å². The molecule has 0 radical (unpaired) electrons. The van der Waals surface area contributed by atoms with Crippen molar-refractivity contribution in [3.63, 3.8) is 0 Å². The number of halogens is 1. The molecular formula is C18H23FN2O. The minimum absolute atomic E-state index is 0.0141. The molecule has 1 aliphatic heterocycles. The van der Waals surface area contributed by atoms with Crippen molar-refractivity contribution >= 4 is 5.91 Å². The van der Waals surface area contributed by atoms with E-state index in [4.69, 9.17) is 0 Å². The van der Waals surface area contributed by atoms with Gasteiger partial charge in [-0.1, -0.05) is 12.2 Å². The van der Waals surface area contributed by atoms with Gasteiger partial charge in [0.2, 0.25) is 0 Å². The first-order valence-electron chi connectivity index (χ1n) is 8.14. The Morgan fingerprint density at radius 1 is 1.09 bits per heavy atom. The van der Waals surface area contributed by atoms with E-state index in [0.29, 0.717) is 5.56 Å². The van der Waals surface area contributed by atoms with Crippen LogP contribution in [-0.4, -0.2) is 48.4 Å². The average molecular weight is 302 g/mol. The maximum atomic E-state index is 12.9. The third-order valence-electron chi connectivity index (χ3n) is 4.64. The van der Waals surface area contributed by atoms with Gasteiger partial charge in [-0.25, -0.2) is 4.39 Å². The van der Waals surface area contributed by atoms with Gasteiger partial charge in [0.1, 0.15) is 5.82 Å². The molecule has 0 bridgehead atoms. The van der Waals surface area contributed by atoms with Crippen molar-refractivity contribution in [1.82, 2.24) is 9.80 Å². The maximum Gasteiger partial charge on any atom is 0.253 e. The first-order valence-corrected chi connectivity index (χ1v) is 8.14. The van der Waals surface area contributed by atoms with E-state index in [-0.39, 0.29) is 11.7 Å². The summed E-state index contributed by atoms with van der Waals surface area (Å²) in [5.74, 6) is 0.479. The number of hydrogen-bond acceptors (Lipinski definition) is 2. The summed E-state index contributed by atoms with van der Waals surface area (Å²) in [7, 11) is 0. The number of hydrogen-bond donors (Lipinski definition) is 0. The summed E-state index contributed by atoms with van der Waals surface area (Å²) in [5, 5.41) is 0. The Kier molecular flexibility index (Phi) is 4.88. The number of rotatable bonds is 3. The number of amides is 1. The Hall–Kier alpha value is -1.68. The SMILES string of the molecule is O=C(c1ccc(F)cc1)N1CCN(CC2CC=CCC2)CC1. The van der Waals surface area contributed by atoms with Gasteiger partial charge in [0.05, 0.1) is 0 Å². The number of allylic oxidation sites excluding steroid dienone is 2. The number of carbonyl (C=O) groups excluding carboxylic acids is 1. The molecule has 3 rings (SSSR count). The molecule has 1 amide bonds. The zero-order chi connectivity index (χ0) is 15.4. The Bertz CT molecular complexity index is 533. The molecule has 1 fully saturated rings. The molecule has 4 heteroatoms. The van der Waals surface area contributed by atoms with E-state index in [0.717, 1.165) is 38.6 Å². The van der Waals surface area contributed by atoms with Gasteiger partial charge in [-0.3, -0.25) is 9.69 Å². The van der Waals surface area contributed by atoms with Gasteiger partial charge >= 0.3 is 0 Å². The number of carbonyl (C=O) groups is 1. The first kappa shape index (κ1) is 15.2. The molecular weight excluding hydrogens is 279 g/mol. The van der Waals surface area contributed by atoms with E-state index >= 15 is 0 Å². The number of benzene rings is 1. The fourth-order valence-corrected chi connectivity index (χ4v) is 3.30. The molecule has 22 heavy (non-hydrogen) atoms. The average Bonchev–Trinajstić information content (AvgIpc) is 2.57. The summed E-state index contributed by atoms with van der Waals surface area (Å²) < 4.78 is 12.9. The quantitative estimate of drug-likeness (QED) is 0.802. The highest BCUT2D eigenvalue weighted by Crippen LogP contribution is 2.20. The summed E-state index contributed by atoms with van der Waals surface area (Å²) >= 11 is 0. The van der Waals surface area contributed by atoms with Crippen molar-refractivity contribution < 1.29 is 9.18 Å².